The van der Waals surface area contributed by atoms with Gasteiger partial charge in [0.2, 0.25) is 0 Å². The number of anilines is 1. The maximum Gasteiger partial charge on any atom is 0.337 e. The van der Waals surface area contributed by atoms with E-state index in [-0.39, 0.29) is 28.7 Å². The first-order valence-electron chi connectivity index (χ1n) is 7.83. The number of carbonyl (C=O) groups is 4. The van der Waals surface area contributed by atoms with E-state index >= 15 is 0 Å². The second kappa shape index (κ2) is 8.98. The summed E-state index contributed by atoms with van der Waals surface area (Å²) in [5, 5.41) is 2.47. The van der Waals surface area contributed by atoms with Crippen molar-refractivity contribution in [1.29, 1.82) is 0 Å². The first-order chi connectivity index (χ1) is 12.1. The van der Waals surface area contributed by atoms with Crippen LogP contribution in [0.4, 0.5) is 5.69 Å². The average Bonchev–Trinajstić information content (AvgIpc) is 2.56. The van der Waals surface area contributed by atoms with Crippen molar-refractivity contribution in [3.63, 3.8) is 0 Å². The molecule has 1 aromatic carbocycles. The normalized spacial score (nSPS) is 10.7. The third-order valence-corrected chi connectivity index (χ3v) is 3.10. The highest BCUT2D eigenvalue weighted by Crippen LogP contribution is 2.19. The van der Waals surface area contributed by atoms with Crippen molar-refractivity contribution in [2.75, 3.05) is 26.1 Å². The van der Waals surface area contributed by atoms with Crippen LogP contribution in [0.3, 0.4) is 0 Å². The van der Waals surface area contributed by atoms with Crippen LogP contribution in [-0.4, -0.2) is 44.6 Å². The van der Waals surface area contributed by atoms with Crippen LogP contribution in [0.15, 0.2) is 18.2 Å². The van der Waals surface area contributed by atoms with Crippen molar-refractivity contribution < 1.29 is 33.4 Å². The molecule has 0 saturated carbocycles. The molecule has 0 aliphatic heterocycles. The van der Waals surface area contributed by atoms with Gasteiger partial charge in [-0.15, -0.1) is 0 Å². The Kier molecular flexibility index (Phi) is 7.30. The van der Waals surface area contributed by atoms with Crippen LogP contribution >= 0.6 is 0 Å². The maximum absolute atomic E-state index is 12.0. The number of hydrogen-bond donors (Lipinski definition) is 1. The molecule has 0 aliphatic rings. The van der Waals surface area contributed by atoms with Crippen LogP contribution in [0.1, 0.15) is 47.9 Å². The van der Waals surface area contributed by atoms with Gasteiger partial charge in [0.05, 0.1) is 31.8 Å². The Bertz CT molecular complexity index is 670. The smallest absolute Gasteiger partial charge is 0.337 e. The minimum Gasteiger partial charge on any atom is -0.465 e. The molecule has 0 bridgehead atoms. The molecule has 1 aromatic rings. The van der Waals surface area contributed by atoms with Crippen LogP contribution in [-0.2, 0) is 23.8 Å². The highest BCUT2D eigenvalue weighted by molar-refractivity contribution is 5.99. The monoisotopic (exact) mass is 365 g/mol. The third-order valence-electron chi connectivity index (χ3n) is 3.10. The van der Waals surface area contributed by atoms with Gasteiger partial charge in [-0.25, -0.2) is 9.59 Å². The Morgan fingerprint density at radius 1 is 0.923 bits per heavy atom. The zero-order chi connectivity index (χ0) is 19.9. The first kappa shape index (κ1) is 21.1. The Hall–Kier alpha value is -2.90. The van der Waals surface area contributed by atoms with E-state index < -0.39 is 30.4 Å². The predicted octanol–water partition coefficient (Wildman–Crippen LogP) is 2.18. The summed E-state index contributed by atoms with van der Waals surface area (Å²) >= 11 is 0. The summed E-state index contributed by atoms with van der Waals surface area (Å²) in [6, 6.07) is 3.97. The summed E-state index contributed by atoms with van der Waals surface area (Å²) in [6.07, 6.45) is 0.171. The van der Waals surface area contributed by atoms with Gasteiger partial charge in [-0.1, -0.05) is 20.8 Å². The molecule has 0 unspecified atom stereocenters. The molecule has 1 amide bonds. The number of esters is 3. The maximum atomic E-state index is 12.0. The lowest BCUT2D eigenvalue weighted by Gasteiger charge is -2.16. The number of benzene rings is 1. The second-order valence-corrected chi connectivity index (χ2v) is 6.73. The lowest BCUT2D eigenvalue weighted by Crippen LogP contribution is -2.23. The van der Waals surface area contributed by atoms with Crippen LogP contribution < -0.4 is 5.32 Å². The fourth-order valence-electron chi connectivity index (χ4n) is 2.00. The number of nitrogens with one attached hydrogen (secondary N) is 1. The molecular weight excluding hydrogens is 342 g/mol. The number of amides is 1. The van der Waals surface area contributed by atoms with E-state index in [1.165, 1.54) is 32.4 Å². The number of rotatable bonds is 6. The van der Waals surface area contributed by atoms with E-state index in [1.807, 2.05) is 20.8 Å². The lowest BCUT2D eigenvalue weighted by atomic mass is 9.92. The van der Waals surface area contributed by atoms with Gasteiger partial charge in [0.25, 0.3) is 5.91 Å². The van der Waals surface area contributed by atoms with Crippen molar-refractivity contribution in [3.8, 4) is 0 Å². The van der Waals surface area contributed by atoms with Gasteiger partial charge < -0.3 is 19.5 Å². The molecule has 0 radical (unpaired) electrons. The van der Waals surface area contributed by atoms with Gasteiger partial charge in [0, 0.05) is 5.69 Å². The molecule has 0 saturated heterocycles. The summed E-state index contributed by atoms with van der Waals surface area (Å²) in [5.74, 6) is -2.46. The van der Waals surface area contributed by atoms with Gasteiger partial charge in [0.1, 0.15) is 0 Å². The zero-order valence-electron chi connectivity index (χ0n) is 15.5. The Morgan fingerprint density at radius 3 is 1.85 bits per heavy atom. The molecule has 8 nitrogen and oxygen atoms in total. The number of methoxy groups -OCH3 is 2. The Labute approximate surface area is 151 Å². The summed E-state index contributed by atoms with van der Waals surface area (Å²) in [7, 11) is 2.39. The molecule has 26 heavy (non-hydrogen) atoms. The molecule has 0 aliphatic carbocycles. The molecule has 0 spiro atoms. The van der Waals surface area contributed by atoms with E-state index in [1.54, 1.807) is 0 Å². The van der Waals surface area contributed by atoms with Gasteiger partial charge >= 0.3 is 17.9 Å². The molecule has 1 N–H and O–H groups in total. The van der Waals surface area contributed by atoms with Crippen molar-refractivity contribution in [1.82, 2.24) is 0 Å². The lowest BCUT2D eigenvalue weighted by molar-refractivity contribution is -0.149. The van der Waals surface area contributed by atoms with E-state index in [0.717, 1.165) is 0 Å². The molecule has 142 valence electrons. The first-order valence-corrected chi connectivity index (χ1v) is 7.83. The predicted molar refractivity (Wildman–Crippen MR) is 92.8 cm³/mol. The van der Waals surface area contributed by atoms with E-state index in [0.29, 0.717) is 0 Å². The quantitative estimate of drug-likeness (QED) is 0.608. The van der Waals surface area contributed by atoms with Gasteiger partial charge in [-0.2, -0.15) is 0 Å². The van der Waals surface area contributed by atoms with Crippen molar-refractivity contribution >= 4 is 29.5 Å². The summed E-state index contributed by atoms with van der Waals surface area (Å²) in [5.41, 5.74) is 0.0497. The molecule has 0 heterocycles. The van der Waals surface area contributed by atoms with E-state index in [4.69, 9.17) is 4.74 Å². The fourth-order valence-corrected chi connectivity index (χ4v) is 2.00. The SMILES string of the molecule is COC(=O)c1cc(NC(=O)COC(=O)CC(C)(C)C)cc(C(=O)OC)c1. The molecular formula is C18H23NO7. The molecule has 0 atom stereocenters. The average molecular weight is 365 g/mol. The Morgan fingerprint density at radius 2 is 1.42 bits per heavy atom. The summed E-state index contributed by atoms with van der Waals surface area (Å²) < 4.78 is 14.1. The summed E-state index contributed by atoms with van der Waals surface area (Å²) in [6.45, 7) is 5.15. The zero-order valence-corrected chi connectivity index (χ0v) is 15.5. The van der Waals surface area contributed by atoms with Gasteiger partial charge in [-0.05, 0) is 23.6 Å². The third kappa shape index (κ3) is 6.92. The van der Waals surface area contributed by atoms with Gasteiger partial charge in [0.15, 0.2) is 6.61 Å². The fraction of sp³-hybridized carbons (Fsp3) is 0.444. The highest BCUT2D eigenvalue weighted by Gasteiger charge is 2.19. The Balaban J connectivity index is 2.84. The standard InChI is InChI=1S/C18H23NO7/c1-18(2,3)9-15(21)26-10-14(20)19-13-7-11(16(22)24-4)6-12(8-13)17(23)25-5/h6-8H,9-10H2,1-5H3,(H,19,20). The summed E-state index contributed by atoms with van der Waals surface area (Å²) in [4.78, 5) is 47.0. The molecule has 1 rings (SSSR count). The minimum absolute atomic E-state index is 0.0652. The van der Waals surface area contributed by atoms with Gasteiger partial charge in [-0.3, -0.25) is 9.59 Å². The number of hydrogen-bond acceptors (Lipinski definition) is 7. The number of carbonyl (C=O) groups excluding carboxylic acids is 4. The number of ether oxygens (including phenoxy) is 3. The van der Waals surface area contributed by atoms with Crippen molar-refractivity contribution in [3.05, 3.63) is 29.3 Å². The topological polar surface area (TPSA) is 108 Å². The van der Waals surface area contributed by atoms with E-state index in [2.05, 4.69) is 14.8 Å². The minimum atomic E-state index is -0.678. The van der Waals surface area contributed by atoms with Crippen LogP contribution in [0.2, 0.25) is 0 Å². The largest absolute Gasteiger partial charge is 0.465 e. The second-order valence-electron chi connectivity index (χ2n) is 6.73. The molecule has 0 fully saturated rings. The van der Waals surface area contributed by atoms with E-state index in [9.17, 15) is 19.2 Å². The van der Waals surface area contributed by atoms with Crippen molar-refractivity contribution in [2.24, 2.45) is 5.41 Å². The van der Waals surface area contributed by atoms with Crippen LogP contribution in [0.5, 0.6) is 0 Å². The van der Waals surface area contributed by atoms with Crippen LogP contribution in [0.25, 0.3) is 0 Å². The highest BCUT2D eigenvalue weighted by atomic mass is 16.5. The molecule has 0 aromatic heterocycles. The van der Waals surface area contributed by atoms with Crippen molar-refractivity contribution in [2.45, 2.75) is 27.2 Å². The molecule has 8 heteroatoms. The van der Waals surface area contributed by atoms with Crippen LogP contribution in [0, 0.1) is 5.41 Å².